The summed E-state index contributed by atoms with van der Waals surface area (Å²) in [5.41, 5.74) is 2.31. The Hall–Kier alpha value is -2.73. The van der Waals surface area contributed by atoms with E-state index in [-0.39, 0.29) is 11.1 Å². The number of aryl methyl sites for hydroxylation is 1. The third-order valence-corrected chi connectivity index (χ3v) is 5.00. The lowest BCUT2D eigenvalue weighted by molar-refractivity contribution is -0.113. The Labute approximate surface area is 156 Å². The second-order valence-electron chi connectivity index (χ2n) is 5.61. The van der Waals surface area contributed by atoms with Gasteiger partial charge in [-0.2, -0.15) is 0 Å². The van der Waals surface area contributed by atoms with Crippen molar-refractivity contribution in [3.8, 4) is 11.5 Å². The highest BCUT2D eigenvalue weighted by molar-refractivity contribution is 8.19. The molecular weight excluding hydrogens is 350 g/mol. The van der Waals surface area contributed by atoms with Crippen LogP contribution in [-0.4, -0.2) is 25.4 Å². The van der Waals surface area contributed by atoms with E-state index in [2.05, 4.69) is 0 Å². The Morgan fingerprint density at radius 3 is 2.54 bits per heavy atom. The van der Waals surface area contributed by atoms with Crippen LogP contribution in [0.4, 0.5) is 10.5 Å². The van der Waals surface area contributed by atoms with E-state index in [9.17, 15) is 9.59 Å². The quantitative estimate of drug-likeness (QED) is 0.726. The van der Waals surface area contributed by atoms with E-state index >= 15 is 0 Å². The minimum absolute atomic E-state index is 0.297. The van der Waals surface area contributed by atoms with Crippen LogP contribution in [0.2, 0.25) is 0 Å². The van der Waals surface area contributed by atoms with E-state index in [1.807, 2.05) is 25.1 Å². The van der Waals surface area contributed by atoms with Crippen LogP contribution in [0, 0.1) is 0 Å². The van der Waals surface area contributed by atoms with E-state index in [1.54, 1.807) is 44.6 Å². The molecule has 0 atom stereocenters. The first-order chi connectivity index (χ1) is 12.6. The molecule has 6 heteroatoms. The maximum Gasteiger partial charge on any atom is 0.298 e. The van der Waals surface area contributed by atoms with E-state index < -0.39 is 0 Å². The molecule has 2 amide bonds. The zero-order valence-corrected chi connectivity index (χ0v) is 15.6. The largest absolute Gasteiger partial charge is 0.497 e. The molecule has 0 unspecified atom stereocenters. The normalized spacial score (nSPS) is 15.7. The van der Waals surface area contributed by atoms with Crippen molar-refractivity contribution in [2.75, 3.05) is 19.1 Å². The molecule has 1 heterocycles. The average Bonchev–Trinajstić information content (AvgIpc) is 2.95. The van der Waals surface area contributed by atoms with Crippen LogP contribution in [0.5, 0.6) is 11.5 Å². The topological polar surface area (TPSA) is 55.8 Å². The van der Waals surface area contributed by atoms with Gasteiger partial charge in [0.15, 0.2) is 0 Å². The molecule has 0 saturated carbocycles. The van der Waals surface area contributed by atoms with Crippen LogP contribution in [0.15, 0.2) is 47.4 Å². The van der Waals surface area contributed by atoms with Crippen molar-refractivity contribution in [1.82, 2.24) is 0 Å². The first-order valence-electron chi connectivity index (χ1n) is 8.17. The van der Waals surface area contributed by atoms with Gasteiger partial charge in [0.1, 0.15) is 11.5 Å². The van der Waals surface area contributed by atoms with Crippen LogP contribution < -0.4 is 14.4 Å². The molecule has 5 nitrogen and oxygen atoms in total. The monoisotopic (exact) mass is 369 g/mol. The Morgan fingerprint density at radius 1 is 1.08 bits per heavy atom. The first-order valence-corrected chi connectivity index (χ1v) is 8.98. The number of nitrogens with zero attached hydrogens (tertiary/aromatic N) is 1. The van der Waals surface area contributed by atoms with Crippen molar-refractivity contribution in [3.63, 3.8) is 0 Å². The summed E-state index contributed by atoms with van der Waals surface area (Å²) >= 11 is 0.932. The fraction of sp³-hybridized carbons (Fsp3) is 0.200. The van der Waals surface area contributed by atoms with Gasteiger partial charge in [0.25, 0.3) is 11.1 Å². The second kappa shape index (κ2) is 7.66. The summed E-state index contributed by atoms with van der Waals surface area (Å²) < 4.78 is 10.5. The van der Waals surface area contributed by atoms with E-state index in [1.165, 1.54) is 4.90 Å². The number of hydrogen-bond acceptors (Lipinski definition) is 5. The summed E-state index contributed by atoms with van der Waals surface area (Å²) in [4.78, 5) is 27.0. The molecule has 1 aliphatic rings. The van der Waals surface area contributed by atoms with Gasteiger partial charge < -0.3 is 9.47 Å². The molecule has 2 aromatic carbocycles. The standard InChI is InChI=1S/C20H19NO4S/c1-4-13-7-5-6-8-16(13)21-19(22)18(26-20(21)23)11-14-9-10-15(24-2)12-17(14)25-3/h5-12H,4H2,1-3H3/b18-11-. The number of para-hydroxylation sites is 1. The van der Waals surface area contributed by atoms with Crippen molar-refractivity contribution >= 4 is 34.7 Å². The number of rotatable bonds is 5. The Morgan fingerprint density at radius 2 is 1.85 bits per heavy atom. The number of amides is 2. The van der Waals surface area contributed by atoms with Gasteiger partial charge in [-0.25, -0.2) is 4.90 Å². The van der Waals surface area contributed by atoms with E-state index in [4.69, 9.17) is 9.47 Å². The summed E-state index contributed by atoms with van der Waals surface area (Å²) in [6.07, 6.45) is 2.42. The fourth-order valence-electron chi connectivity index (χ4n) is 2.78. The zero-order chi connectivity index (χ0) is 18.7. The van der Waals surface area contributed by atoms with Crippen molar-refractivity contribution in [2.45, 2.75) is 13.3 Å². The molecule has 0 bridgehead atoms. The number of hydrogen-bond donors (Lipinski definition) is 0. The number of carbonyl (C=O) groups is 2. The minimum atomic E-state index is -0.321. The van der Waals surface area contributed by atoms with Crippen molar-refractivity contribution in [3.05, 3.63) is 58.5 Å². The maximum atomic E-state index is 12.9. The Balaban J connectivity index is 1.98. The number of carbonyl (C=O) groups excluding carboxylic acids is 2. The number of thioether (sulfide) groups is 1. The minimum Gasteiger partial charge on any atom is -0.497 e. The molecule has 0 aliphatic carbocycles. The number of ether oxygens (including phenoxy) is 2. The Bertz CT molecular complexity index is 891. The van der Waals surface area contributed by atoms with Gasteiger partial charge in [0.2, 0.25) is 0 Å². The fourth-order valence-corrected chi connectivity index (χ4v) is 3.61. The molecule has 0 radical (unpaired) electrons. The number of benzene rings is 2. The van der Waals surface area contributed by atoms with Crippen LogP contribution in [0.25, 0.3) is 6.08 Å². The molecule has 1 aliphatic heterocycles. The molecule has 0 N–H and O–H groups in total. The third kappa shape index (κ3) is 3.32. The van der Waals surface area contributed by atoms with Crippen molar-refractivity contribution < 1.29 is 19.1 Å². The van der Waals surface area contributed by atoms with Crippen LogP contribution >= 0.6 is 11.8 Å². The molecular formula is C20H19NO4S. The predicted molar refractivity (Wildman–Crippen MR) is 104 cm³/mol. The second-order valence-corrected chi connectivity index (χ2v) is 6.60. The third-order valence-electron chi connectivity index (χ3n) is 4.13. The van der Waals surface area contributed by atoms with Gasteiger partial charge in [-0.3, -0.25) is 9.59 Å². The summed E-state index contributed by atoms with van der Waals surface area (Å²) in [5, 5.41) is -0.297. The number of anilines is 1. The highest BCUT2D eigenvalue weighted by atomic mass is 32.2. The Kier molecular flexibility index (Phi) is 5.32. The van der Waals surface area contributed by atoms with Gasteiger partial charge in [-0.15, -0.1) is 0 Å². The van der Waals surface area contributed by atoms with Crippen LogP contribution in [-0.2, 0) is 11.2 Å². The summed E-state index contributed by atoms with van der Waals surface area (Å²) in [5.74, 6) is 0.910. The summed E-state index contributed by atoms with van der Waals surface area (Å²) in [7, 11) is 3.13. The van der Waals surface area contributed by atoms with E-state index in [0.29, 0.717) is 27.7 Å². The van der Waals surface area contributed by atoms with Gasteiger partial charge >= 0.3 is 0 Å². The maximum absolute atomic E-state index is 12.9. The lowest BCUT2D eigenvalue weighted by Crippen LogP contribution is -2.28. The highest BCUT2D eigenvalue weighted by Gasteiger charge is 2.37. The molecule has 134 valence electrons. The van der Waals surface area contributed by atoms with E-state index in [0.717, 1.165) is 23.7 Å². The first kappa shape index (κ1) is 18.1. The van der Waals surface area contributed by atoms with Gasteiger partial charge in [-0.1, -0.05) is 25.1 Å². The zero-order valence-electron chi connectivity index (χ0n) is 14.8. The lowest BCUT2D eigenvalue weighted by Gasteiger charge is -2.16. The number of imide groups is 1. The molecule has 0 spiro atoms. The van der Waals surface area contributed by atoms with Crippen LogP contribution in [0.1, 0.15) is 18.1 Å². The average molecular weight is 369 g/mol. The van der Waals surface area contributed by atoms with Crippen molar-refractivity contribution in [2.24, 2.45) is 0 Å². The molecule has 0 aromatic heterocycles. The SMILES string of the molecule is CCc1ccccc1N1C(=O)S/C(=C\c2ccc(OC)cc2OC)C1=O. The molecule has 1 fully saturated rings. The lowest BCUT2D eigenvalue weighted by atomic mass is 10.1. The predicted octanol–water partition coefficient (Wildman–Crippen LogP) is 4.51. The molecule has 1 saturated heterocycles. The summed E-state index contributed by atoms with van der Waals surface area (Å²) in [6, 6.07) is 12.8. The molecule has 2 aromatic rings. The summed E-state index contributed by atoms with van der Waals surface area (Å²) in [6.45, 7) is 2.00. The molecule has 3 rings (SSSR count). The highest BCUT2D eigenvalue weighted by Crippen LogP contribution is 2.38. The molecule has 26 heavy (non-hydrogen) atoms. The van der Waals surface area contributed by atoms with Gasteiger partial charge in [0, 0.05) is 11.6 Å². The van der Waals surface area contributed by atoms with Crippen molar-refractivity contribution in [1.29, 1.82) is 0 Å². The van der Waals surface area contributed by atoms with Gasteiger partial charge in [-0.05, 0) is 48.0 Å². The smallest absolute Gasteiger partial charge is 0.298 e. The number of methoxy groups -OCH3 is 2. The van der Waals surface area contributed by atoms with Gasteiger partial charge in [0.05, 0.1) is 24.8 Å². The van der Waals surface area contributed by atoms with Crippen LogP contribution in [0.3, 0.4) is 0 Å².